The molecule has 1 unspecified atom stereocenters. The maximum atomic E-state index is 11.3. The Bertz CT molecular complexity index is 936. The molecule has 3 rings (SSSR count). The van der Waals surface area contributed by atoms with Crippen LogP contribution in [0, 0.1) is 0 Å². The number of pyridine rings is 1. The molecule has 7 nitrogen and oxygen atoms in total. The molecule has 1 aromatic rings. The van der Waals surface area contributed by atoms with Gasteiger partial charge in [-0.15, -0.1) is 0 Å². The minimum absolute atomic E-state index is 0.113. The summed E-state index contributed by atoms with van der Waals surface area (Å²) in [5, 5.41) is 14.1. The zero-order valence-electron chi connectivity index (χ0n) is 24.0. The molecule has 8 heteroatoms. The third-order valence-corrected chi connectivity index (χ3v) is 7.42. The molecule has 0 radical (unpaired) electrons. The van der Waals surface area contributed by atoms with Crippen molar-refractivity contribution in [3.05, 3.63) is 34.5 Å². The molecule has 2 aliphatic heterocycles. The van der Waals surface area contributed by atoms with Gasteiger partial charge in [-0.25, -0.2) is 4.98 Å². The van der Waals surface area contributed by atoms with Crippen LogP contribution in [-0.4, -0.2) is 77.1 Å². The number of halogens is 1. The number of rotatable bonds is 8. The Balaban J connectivity index is 0.00000235. The standard InChI is InChI=1S/C27H42ClN5O2.C2H6/c1-6-22(19(3)14-20(4)28)17-31-10-8-25(9-11-31)33-13-12-32(18-24(33)7-2)27-26(35)15-23(16-29-27)30-21(5)34;1-2/h14-16,24-25,35H,6-13,17-18H2,1-5H3,(H,30,34);1-2H3/b20-14+,22-19+;. The summed E-state index contributed by atoms with van der Waals surface area (Å²) in [7, 11) is 0. The number of carbonyl (C=O) groups is 1. The molecule has 2 aliphatic rings. The number of aromatic nitrogens is 1. The number of aromatic hydroxyl groups is 1. The zero-order chi connectivity index (χ0) is 27.5. The van der Waals surface area contributed by atoms with Crippen molar-refractivity contribution in [2.75, 3.05) is 49.5 Å². The maximum absolute atomic E-state index is 11.3. The van der Waals surface area contributed by atoms with Crippen molar-refractivity contribution >= 4 is 29.0 Å². The minimum Gasteiger partial charge on any atom is -0.504 e. The van der Waals surface area contributed by atoms with Gasteiger partial charge in [-0.2, -0.15) is 0 Å². The molecular formula is C29H48ClN5O2. The van der Waals surface area contributed by atoms with Gasteiger partial charge in [0.2, 0.25) is 5.91 Å². The molecule has 2 N–H and O–H groups in total. The molecule has 0 spiro atoms. The largest absolute Gasteiger partial charge is 0.504 e. The lowest BCUT2D eigenvalue weighted by atomic mass is 9.97. The average molecular weight is 534 g/mol. The predicted octanol–water partition coefficient (Wildman–Crippen LogP) is 6.01. The average Bonchev–Trinajstić information content (AvgIpc) is 2.88. The lowest BCUT2D eigenvalue weighted by Crippen LogP contribution is -2.58. The van der Waals surface area contributed by atoms with Gasteiger partial charge in [-0.3, -0.25) is 14.6 Å². The molecular weight excluding hydrogens is 486 g/mol. The molecule has 2 fully saturated rings. The number of hydrogen-bond acceptors (Lipinski definition) is 6. The molecule has 0 bridgehead atoms. The highest BCUT2D eigenvalue weighted by atomic mass is 35.5. The lowest BCUT2D eigenvalue weighted by molar-refractivity contribution is -0.114. The second kappa shape index (κ2) is 15.4. The second-order valence-electron chi connectivity index (χ2n) is 9.87. The molecule has 0 saturated carbocycles. The predicted molar refractivity (Wildman–Crippen MR) is 157 cm³/mol. The monoisotopic (exact) mass is 533 g/mol. The fourth-order valence-electron chi connectivity index (χ4n) is 5.46. The van der Waals surface area contributed by atoms with E-state index in [1.807, 2.05) is 20.8 Å². The number of piperazine rings is 1. The fourth-order valence-corrected chi connectivity index (χ4v) is 5.63. The summed E-state index contributed by atoms with van der Waals surface area (Å²) in [6.45, 7) is 20.0. The summed E-state index contributed by atoms with van der Waals surface area (Å²) in [5.41, 5.74) is 3.29. The first-order valence-corrected chi connectivity index (χ1v) is 14.3. The number of amides is 1. The van der Waals surface area contributed by atoms with Crippen molar-refractivity contribution in [1.82, 2.24) is 14.8 Å². The lowest BCUT2D eigenvalue weighted by Gasteiger charge is -2.47. The first-order chi connectivity index (χ1) is 17.7. The van der Waals surface area contributed by atoms with Crippen LogP contribution in [0.3, 0.4) is 0 Å². The zero-order valence-corrected chi connectivity index (χ0v) is 24.7. The molecule has 37 heavy (non-hydrogen) atoms. The van der Waals surface area contributed by atoms with E-state index >= 15 is 0 Å². The summed E-state index contributed by atoms with van der Waals surface area (Å²) in [5.74, 6) is 0.536. The second-order valence-corrected chi connectivity index (χ2v) is 10.5. The number of anilines is 2. The number of hydrogen-bond donors (Lipinski definition) is 2. The van der Waals surface area contributed by atoms with E-state index in [1.165, 1.54) is 30.9 Å². The molecule has 208 valence electrons. The van der Waals surface area contributed by atoms with E-state index in [0.717, 1.165) is 57.1 Å². The first-order valence-electron chi connectivity index (χ1n) is 13.9. The highest BCUT2D eigenvalue weighted by Crippen LogP contribution is 2.31. The van der Waals surface area contributed by atoms with Crippen molar-refractivity contribution < 1.29 is 9.90 Å². The van der Waals surface area contributed by atoms with Gasteiger partial charge >= 0.3 is 0 Å². The number of allylic oxidation sites excluding steroid dienone is 3. The van der Waals surface area contributed by atoms with Gasteiger partial charge in [0.25, 0.3) is 0 Å². The van der Waals surface area contributed by atoms with Crippen LogP contribution in [-0.2, 0) is 4.79 Å². The van der Waals surface area contributed by atoms with Crippen LogP contribution in [0.15, 0.2) is 34.5 Å². The Hall–Kier alpha value is -2.09. The van der Waals surface area contributed by atoms with E-state index in [2.05, 4.69) is 51.8 Å². The normalized spacial score (nSPS) is 20.7. The van der Waals surface area contributed by atoms with Gasteiger partial charge < -0.3 is 15.3 Å². The summed E-state index contributed by atoms with van der Waals surface area (Å²) in [6.07, 6.45) is 8.19. The third kappa shape index (κ3) is 9.01. The Kier molecular flexibility index (Phi) is 12.9. The quantitative estimate of drug-likeness (QED) is 0.399. The summed E-state index contributed by atoms with van der Waals surface area (Å²) < 4.78 is 0. The fraction of sp³-hybridized carbons (Fsp3) is 0.655. The Labute approximate surface area is 229 Å². The Morgan fingerprint density at radius 1 is 1.16 bits per heavy atom. The number of piperidine rings is 1. The van der Waals surface area contributed by atoms with E-state index in [1.54, 1.807) is 12.3 Å². The van der Waals surface area contributed by atoms with Gasteiger partial charge in [0, 0.05) is 56.3 Å². The maximum Gasteiger partial charge on any atom is 0.221 e. The van der Waals surface area contributed by atoms with Crippen LogP contribution in [0.25, 0.3) is 0 Å². The number of nitrogens with zero attached hydrogens (tertiary/aromatic N) is 4. The van der Waals surface area contributed by atoms with Crippen LogP contribution >= 0.6 is 11.6 Å². The molecule has 1 aromatic heterocycles. The van der Waals surface area contributed by atoms with Crippen molar-refractivity contribution in [3.8, 4) is 5.75 Å². The van der Waals surface area contributed by atoms with Crippen molar-refractivity contribution in [3.63, 3.8) is 0 Å². The van der Waals surface area contributed by atoms with Gasteiger partial charge in [0.15, 0.2) is 11.6 Å². The molecule has 0 aromatic carbocycles. The Morgan fingerprint density at radius 3 is 2.38 bits per heavy atom. The summed E-state index contributed by atoms with van der Waals surface area (Å²) in [4.78, 5) is 23.2. The van der Waals surface area contributed by atoms with E-state index < -0.39 is 0 Å². The summed E-state index contributed by atoms with van der Waals surface area (Å²) >= 11 is 6.10. The van der Waals surface area contributed by atoms with Crippen molar-refractivity contribution in [2.45, 2.75) is 86.2 Å². The Morgan fingerprint density at radius 2 is 1.84 bits per heavy atom. The van der Waals surface area contributed by atoms with Crippen LogP contribution in [0.4, 0.5) is 11.5 Å². The third-order valence-electron chi connectivity index (χ3n) is 7.31. The van der Waals surface area contributed by atoms with Gasteiger partial charge in [0.05, 0.1) is 11.9 Å². The molecule has 0 aliphatic carbocycles. The van der Waals surface area contributed by atoms with E-state index in [9.17, 15) is 9.90 Å². The highest BCUT2D eigenvalue weighted by molar-refractivity contribution is 6.29. The smallest absolute Gasteiger partial charge is 0.221 e. The topological polar surface area (TPSA) is 71.9 Å². The van der Waals surface area contributed by atoms with Crippen molar-refractivity contribution in [1.29, 1.82) is 0 Å². The van der Waals surface area contributed by atoms with Crippen LogP contribution < -0.4 is 10.2 Å². The van der Waals surface area contributed by atoms with Crippen LogP contribution in [0.1, 0.15) is 74.1 Å². The molecule has 3 heterocycles. The number of likely N-dealkylation sites (tertiary alicyclic amines) is 1. The molecule has 1 atom stereocenters. The highest BCUT2D eigenvalue weighted by Gasteiger charge is 2.34. The van der Waals surface area contributed by atoms with Crippen LogP contribution in [0.2, 0.25) is 0 Å². The molecule has 2 saturated heterocycles. The summed E-state index contributed by atoms with van der Waals surface area (Å²) in [6, 6.07) is 2.61. The van der Waals surface area contributed by atoms with E-state index in [0.29, 0.717) is 23.6 Å². The SMILES string of the molecule is CC.CC/C(CN1CCC(N2CCN(c3ncc(NC(C)=O)cc3O)CC2CC)CC1)=C(C)\C=C(/C)Cl. The first kappa shape index (κ1) is 31.1. The van der Waals surface area contributed by atoms with Gasteiger partial charge in [0.1, 0.15) is 0 Å². The molecule has 1 amide bonds. The van der Waals surface area contributed by atoms with Gasteiger partial charge in [-0.1, -0.05) is 44.9 Å². The number of nitrogens with one attached hydrogen (secondary N) is 1. The van der Waals surface area contributed by atoms with E-state index in [4.69, 9.17) is 11.6 Å². The number of carbonyl (C=O) groups excluding carboxylic acids is 1. The van der Waals surface area contributed by atoms with Crippen LogP contribution in [0.5, 0.6) is 5.75 Å². The van der Waals surface area contributed by atoms with Gasteiger partial charge in [-0.05, 0) is 64.3 Å². The van der Waals surface area contributed by atoms with E-state index in [-0.39, 0.29) is 11.7 Å². The minimum atomic E-state index is -0.177. The van der Waals surface area contributed by atoms with Crippen molar-refractivity contribution in [2.24, 2.45) is 0 Å².